The molecule has 1 unspecified atom stereocenters. The third-order valence-corrected chi connectivity index (χ3v) is 4.96. The molecule has 0 fully saturated rings. The summed E-state index contributed by atoms with van der Waals surface area (Å²) in [5.74, 6) is -1.26. The summed E-state index contributed by atoms with van der Waals surface area (Å²) < 4.78 is 41.8. The van der Waals surface area contributed by atoms with Crippen molar-refractivity contribution in [2.45, 2.75) is 38.5 Å². The molecule has 2 atom stereocenters. The van der Waals surface area contributed by atoms with Crippen LogP contribution in [0.15, 0.2) is 24.3 Å². The number of hydrogen-bond donors (Lipinski definition) is 2. The molecule has 24 heavy (non-hydrogen) atoms. The van der Waals surface area contributed by atoms with Gasteiger partial charge in [0.05, 0.1) is 21.4 Å². The number of halogens is 2. The maximum absolute atomic E-state index is 13.5. The van der Waals surface area contributed by atoms with E-state index in [2.05, 4.69) is 14.9 Å². The van der Waals surface area contributed by atoms with Crippen molar-refractivity contribution in [3.8, 4) is 11.3 Å². The van der Waals surface area contributed by atoms with Crippen LogP contribution in [-0.4, -0.2) is 19.2 Å². The smallest absolute Gasteiger partial charge is 0.146 e. The van der Waals surface area contributed by atoms with Crippen LogP contribution < -0.4 is 10.5 Å². The standard InChI is InChI=1S/C16H20F2N4OS/c1-9(22-24(23)16(2,3)4)13-8-14(19)20-21-15(13)10-5-11(17)7-12(18)6-10/h5-9,22H,1-4H3,(H2,19,20)/t9-,24?/m0/s1. The van der Waals surface area contributed by atoms with E-state index < -0.39 is 33.4 Å². The zero-order chi connectivity index (χ0) is 18.1. The van der Waals surface area contributed by atoms with Crippen molar-refractivity contribution in [3.05, 3.63) is 41.5 Å². The first-order chi connectivity index (χ1) is 11.1. The Kier molecular flexibility index (Phi) is 5.29. The fraction of sp³-hybridized carbons (Fsp3) is 0.375. The largest absolute Gasteiger partial charge is 0.382 e. The lowest BCUT2D eigenvalue weighted by Crippen LogP contribution is -2.35. The molecular formula is C16H20F2N4OS. The molecular weight excluding hydrogens is 334 g/mol. The molecule has 0 amide bonds. The second-order valence-electron chi connectivity index (χ2n) is 6.45. The fourth-order valence-corrected chi connectivity index (χ4v) is 2.87. The minimum atomic E-state index is -1.34. The first-order valence-corrected chi connectivity index (χ1v) is 8.50. The number of nitrogens with zero attached hydrogens (tertiary/aromatic N) is 2. The number of nitrogens with two attached hydrogens (primary N) is 1. The van der Waals surface area contributed by atoms with Gasteiger partial charge in [-0.15, -0.1) is 10.2 Å². The number of nitrogen functional groups attached to an aromatic ring is 1. The van der Waals surface area contributed by atoms with Crippen LogP contribution in [0.1, 0.15) is 39.3 Å². The molecule has 5 nitrogen and oxygen atoms in total. The molecule has 1 aromatic carbocycles. The molecule has 130 valence electrons. The van der Waals surface area contributed by atoms with Crippen molar-refractivity contribution in [3.63, 3.8) is 0 Å². The molecule has 0 aliphatic carbocycles. The Morgan fingerprint density at radius 1 is 1.12 bits per heavy atom. The summed E-state index contributed by atoms with van der Waals surface area (Å²) in [6.45, 7) is 7.29. The lowest BCUT2D eigenvalue weighted by Gasteiger charge is -2.23. The van der Waals surface area contributed by atoms with Crippen LogP contribution in [0.25, 0.3) is 11.3 Å². The Hall–Kier alpha value is -1.93. The van der Waals surface area contributed by atoms with Crippen molar-refractivity contribution in [2.24, 2.45) is 0 Å². The van der Waals surface area contributed by atoms with Crippen LogP contribution in [-0.2, 0) is 11.0 Å². The highest BCUT2D eigenvalue weighted by molar-refractivity contribution is 7.84. The maximum atomic E-state index is 13.5. The molecule has 1 aromatic heterocycles. The maximum Gasteiger partial charge on any atom is 0.146 e. The highest BCUT2D eigenvalue weighted by Crippen LogP contribution is 2.29. The molecule has 0 bridgehead atoms. The molecule has 0 saturated heterocycles. The molecule has 0 aliphatic rings. The van der Waals surface area contributed by atoms with Crippen molar-refractivity contribution >= 4 is 16.8 Å². The van der Waals surface area contributed by atoms with Crippen LogP contribution in [0.4, 0.5) is 14.6 Å². The summed E-state index contributed by atoms with van der Waals surface area (Å²) in [4.78, 5) is 0. The van der Waals surface area contributed by atoms with Crippen LogP contribution in [0, 0.1) is 11.6 Å². The fourth-order valence-electron chi connectivity index (χ4n) is 2.07. The Morgan fingerprint density at radius 2 is 1.71 bits per heavy atom. The van der Waals surface area contributed by atoms with Gasteiger partial charge in [-0.25, -0.2) is 17.7 Å². The Balaban J connectivity index is 2.46. The summed E-state index contributed by atoms with van der Waals surface area (Å²) in [6, 6.07) is 4.26. The average molecular weight is 354 g/mol. The quantitative estimate of drug-likeness (QED) is 0.884. The zero-order valence-electron chi connectivity index (χ0n) is 13.9. The zero-order valence-corrected chi connectivity index (χ0v) is 14.7. The van der Waals surface area contributed by atoms with Crippen LogP contribution in [0.2, 0.25) is 0 Å². The SMILES string of the molecule is C[C@H](NS(=O)C(C)(C)C)c1cc(N)nnc1-c1cc(F)cc(F)c1. The molecule has 3 N–H and O–H groups in total. The van der Waals surface area contributed by atoms with E-state index in [1.807, 2.05) is 20.8 Å². The lowest BCUT2D eigenvalue weighted by molar-refractivity contribution is 0.583. The number of rotatable bonds is 4. The van der Waals surface area contributed by atoms with E-state index in [1.54, 1.807) is 13.0 Å². The highest BCUT2D eigenvalue weighted by Gasteiger charge is 2.24. The van der Waals surface area contributed by atoms with Gasteiger partial charge >= 0.3 is 0 Å². The summed E-state index contributed by atoms with van der Waals surface area (Å²) in [7, 11) is -1.34. The first-order valence-electron chi connectivity index (χ1n) is 7.35. The van der Waals surface area contributed by atoms with Gasteiger partial charge in [0.2, 0.25) is 0 Å². The van der Waals surface area contributed by atoms with Crippen molar-refractivity contribution < 1.29 is 13.0 Å². The van der Waals surface area contributed by atoms with Crippen LogP contribution in [0.5, 0.6) is 0 Å². The molecule has 1 heterocycles. The average Bonchev–Trinajstić information content (AvgIpc) is 2.44. The van der Waals surface area contributed by atoms with Crippen molar-refractivity contribution in [2.75, 3.05) is 5.73 Å². The third-order valence-electron chi connectivity index (χ3n) is 3.28. The topological polar surface area (TPSA) is 80.9 Å². The normalized spacial score (nSPS) is 14.4. The molecule has 0 saturated carbocycles. The van der Waals surface area contributed by atoms with E-state index in [0.717, 1.165) is 6.07 Å². The van der Waals surface area contributed by atoms with Crippen molar-refractivity contribution in [1.82, 2.24) is 14.9 Å². The van der Waals surface area contributed by atoms with Gasteiger partial charge in [0.25, 0.3) is 0 Å². The Morgan fingerprint density at radius 3 is 2.25 bits per heavy atom. The number of benzene rings is 1. The van der Waals surface area contributed by atoms with Gasteiger partial charge in [0, 0.05) is 23.2 Å². The second-order valence-corrected chi connectivity index (χ2v) is 8.45. The Bertz CT molecular complexity index is 757. The molecule has 2 rings (SSSR count). The van der Waals surface area contributed by atoms with Gasteiger partial charge in [-0.3, -0.25) is 0 Å². The number of anilines is 1. The van der Waals surface area contributed by atoms with E-state index in [9.17, 15) is 13.0 Å². The second kappa shape index (κ2) is 6.90. The molecule has 0 aliphatic heterocycles. The number of hydrogen-bond acceptors (Lipinski definition) is 4. The van der Waals surface area contributed by atoms with E-state index in [-0.39, 0.29) is 17.1 Å². The highest BCUT2D eigenvalue weighted by atomic mass is 32.2. The number of nitrogens with one attached hydrogen (secondary N) is 1. The molecule has 0 radical (unpaired) electrons. The van der Waals surface area contributed by atoms with E-state index in [1.165, 1.54) is 12.1 Å². The Labute approximate surface area is 142 Å². The monoisotopic (exact) mass is 354 g/mol. The van der Waals surface area contributed by atoms with Gasteiger partial charge < -0.3 is 5.73 Å². The van der Waals surface area contributed by atoms with Gasteiger partial charge in [-0.1, -0.05) is 0 Å². The minimum Gasteiger partial charge on any atom is -0.382 e. The van der Waals surface area contributed by atoms with Gasteiger partial charge in [-0.2, -0.15) is 0 Å². The molecule has 0 spiro atoms. The van der Waals surface area contributed by atoms with E-state index in [0.29, 0.717) is 5.56 Å². The predicted octanol–water partition coefficient (Wildman–Crippen LogP) is 3.12. The predicted molar refractivity (Wildman–Crippen MR) is 91.2 cm³/mol. The van der Waals surface area contributed by atoms with Crippen molar-refractivity contribution in [1.29, 1.82) is 0 Å². The summed E-state index contributed by atoms with van der Waals surface area (Å²) in [6.07, 6.45) is 0. The van der Waals surface area contributed by atoms with Gasteiger partial charge in [-0.05, 0) is 45.9 Å². The first kappa shape index (κ1) is 18.4. The summed E-state index contributed by atoms with van der Waals surface area (Å²) >= 11 is 0. The van der Waals surface area contributed by atoms with Gasteiger partial charge in [0.1, 0.15) is 17.5 Å². The third kappa shape index (κ3) is 4.33. The number of aromatic nitrogens is 2. The summed E-state index contributed by atoms with van der Waals surface area (Å²) in [5.41, 5.74) is 6.78. The van der Waals surface area contributed by atoms with Crippen LogP contribution >= 0.6 is 0 Å². The van der Waals surface area contributed by atoms with E-state index >= 15 is 0 Å². The summed E-state index contributed by atoms with van der Waals surface area (Å²) in [5, 5.41) is 7.74. The molecule has 8 heteroatoms. The lowest BCUT2D eigenvalue weighted by atomic mass is 10.0. The van der Waals surface area contributed by atoms with Gasteiger partial charge in [0.15, 0.2) is 0 Å². The minimum absolute atomic E-state index is 0.167. The van der Waals surface area contributed by atoms with E-state index in [4.69, 9.17) is 5.73 Å². The molecule has 2 aromatic rings. The van der Waals surface area contributed by atoms with Crippen LogP contribution in [0.3, 0.4) is 0 Å².